The van der Waals surface area contributed by atoms with Crippen LogP contribution in [0.25, 0.3) is 5.76 Å². The van der Waals surface area contributed by atoms with E-state index in [1.54, 1.807) is 43.5 Å². The molecule has 0 aromatic heterocycles. The number of aliphatic hydroxyl groups excluding tert-OH is 1. The second-order valence-corrected chi connectivity index (χ2v) is 7.40. The zero-order valence-electron chi connectivity index (χ0n) is 18.2. The van der Waals surface area contributed by atoms with E-state index < -0.39 is 17.7 Å². The van der Waals surface area contributed by atoms with Gasteiger partial charge < -0.3 is 29.0 Å². The molecule has 2 aromatic carbocycles. The van der Waals surface area contributed by atoms with Gasteiger partial charge in [0.2, 0.25) is 6.79 Å². The topological polar surface area (TPSA) is 94.5 Å². The first-order valence-corrected chi connectivity index (χ1v) is 10.5. The molecule has 1 N–H and O–H groups in total. The number of likely N-dealkylation sites (tertiary alicyclic amines) is 1. The molecule has 8 heteroatoms. The van der Waals surface area contributed by atoms with E-state index in [0.29, 0.717) is 53.7 Å². The molecule has 0 bridgehead atoms. The number of carbonyl (C=O) groups is 2. The van der Waals surface area contributed by atoms with Crippen LogP contribution in [0.3, 0.4) is 0 Å². The summed E-state index contributed by atoms with van der Waals surface area (Å²) in [5, 5.41) is 11.2. The number of ether oxygens (including phenoxy) is 4. The molecule has 1 atom stereocenters. The molecule has 2 aliphatic rings. The minimum atomic E-state index is -0.759. The Morgan fingerprint density at radius 2 is 1.88 bits per heavy atom. The number of nitrogens with zero attached hydrogens (tertiary/aromatic N) is 1. The SMILES string of the molecule is CCCN1C(=O)C(=O)/C(=C(/O)c2ccc3c(c2)OCO3)C1c1ccc(OC)c(OCC)c1. The van der Waals surface area contributed by atoms with E-state index >= 15 is 0 Å². The number of amides is 1. The molecule has 2 heterocycles. The number of Topliss-reactive ketones (excluding diaryl/α,β-unsaturated/α-hetero) is 1. The molecule has 2 aromatic rings. The molecule has 32 heavy (non-hydrogen) atoms. The van der Waals surface area contributed by atoms with Crippen molar-refractivity contribution in [3.05, 3.63) is 53.1 Å². The average Bonchev–Trinajstić information content (AvgIpc) is 3.37. The largest absolute Gasteiger partial charge is 0.507 e. The second-order valence-electron chi connectivity index (χ2n) is 7.40. The predicted molar refractivity (Wildman–Crippen MR) is 116 cm³/mol. The van der Waals surface area contributed by atoms with Crippen LogP contribution in [-0.2, 0) is 9.59 Å². The number of hydrogen-bond acceptors (Lipinski definition) is 7. The van der Waals surface area contributed by atoms with Crippen molar-refractivity contribution in [2.24, 2.45) is 0 Å². The summed E-state index contributed by atoms with van der Waals surface area (Å²) in [6.07, 6.45) is 0.655. The van der Waals surface area contributed by atoms with Gasteiger partial charge in [0.15, 0.2) is 23.0 Å². The third kappa shape index (κ3) is 3.62. The molecule has 0 spiro atoms. The standard InChI is InChI=1S/C24H25NO7/c1-4-10-25-21(14-6-8-16(29-3)18(11-14)30-5-2)20(23(27)24(25)28)22(26)15-7-9-17-19(12-15)32-13-31-17/h6-9,11-12,21,26H,4-5,10,13H2,1-3H3/b22-20+. The van der Waals surface area contributed by atoms with Crippen LogP contribution in [0.4, 0.5) is 0 Å². The summed E-state index contributed by atoms with van der Waals surface area (Å²) in [6, 6.07) is 9.38. The van der Waals surface area contributed by atoms with Crippen molar-refractivity contribution in [2.75, 3.05) is 27.1 Å². The molecule has 0 saturated carbocycles. The number of fused-ring (bicyclic) bond motifs is 1. The molecule has 8 nitrogen and oxygen atoms in total. The van der Waals surface area contributed by atoms with Gasteiger partial charge in [-0.3, -0.25) is 9.59 Å². The average molecular weight is 439 g/mol. The van der Waals surface area contributed by atoms with Crippen LogP contribution >= 0.6 is 0 Å². The summed E-state index contributed by atoms with van der Waals surface area (Å²) >= 11 is 0. The molecule has 4 rings (SSSR count). The van der Waals surface area contributed by atoms with Gasteiger partial charge in [-0.2, -0.15) is 0 Å². The van der Waals surface area contributed by atoms with Crippen molar-refractivity contribution in [1.29, 1.82) is 0 Å². The lowest BCUT2D eigenvalue weighted by molar-refractivity contribution is -0.139. The first-order valence-electron chi connectivity index (χ1n) is 10.5. The Bertz CT molecular complexity index is 1090. The number of aliphatic hydroxyl groups is 1. The number of benzene rings is 2. The van der Waals surface area contributed by atoms with Crippen LogP contribution in [0.1, 0.15) is 37.4 Å². The van der Waals surface area contributed by atoms with Gasteiger partial charge in [-0.15, -0.1) is 0 Å². The monoisotopic (exact) mass is 439 g/mol. The third-order valence-corrected chi connectivity index (χ3v) is 5.45. The van der Waals surface area contributed by atoms with E-state index in [-0.39, 0.29) is 18.1 Å². The first-order chi connectivity index (χ1) is 15.5. The van der Waals surface area contributed by atoms with E-state index in [9.17, 15) is 14.7 Å². The molecule has 168 valence electrons. The molecule has 0 aliphatic carbocycles. The highest BCUT2D eigenvalue weighted by Gasteiger charge is 2.46. The van der Waals surface area contributed by atoms with Crippen molar-refractivity contribution < 1.29 is 33.6 Å². The van der Waals surface area contributed by atoms with Gasteiger partial charge in [0.1, 0.15) is 5.76 Å². The Balaban J connectivity index is 1.86. The van der Waals surface area contributed by atoms with Crippen molar-refractivity contribution in [1.82, 2.24) is 4.90 Å². The van der Waals surface area contributed by atoms with E-state index in [0.717, 1.165) is 0 Å². The normalized spacial score (nSPS) is 18.8. The van der Waals surface area contributed by atoms with Crippen LogP contribution < -0.4 is 18.9 Å². The Hall–Kier alpha value is -3.68. The molecule has 2 aliphatic heterocycles. The minimum Gasteiger partial charge on any atom is -0.507 e. The summed E-state index contributed by atoms with van der Waals surface area (Å²) in [5.74, 6) is 0.424. The number of ketones is 1. The molecule has 0 radical (unpaired) electrons. The number of methoxy groups -OCH3 is 1. The summed E-state index contributed by atoms with van der Waals surface area (Å²) in [6.45, 7) is 4.66. The third-order valence-electron chi connectivity index (χ3n) is 5.45. The lowest BCUT2D eigenvalue weighted by Gasteiger charge is -2.25. The van der Waals surface area contributed by atoms with Crippen LogP contribution in [0.2, 0.25) is 0 Å². The van der Waals surface area contributed by atoms with Crippen molar-refractivity contribution in [3.8, 4) is 23.0 Å². The molecular formula is C24H25NO7. The van der Waals surface area contributed by atoms with Crippen LogP contribution in [0, 0.1) is 0 Å². The molecular weight excluding hydrogens is 414 g/mol. The maximum atomic E-state index is 13.0. The predicted octanol–water partition coefficient (Wildman–Crippen LogP) is 3.65. The molecule has 1 fully saturated rings. The van der Waals surface area contributed by atoms with Crippen molar-refractivity contribution >= 4 is 17.4 Å². The Kier molecular flexibility index (Phi) is 5.94. The maximum Gasteiger partial charge on any atom is 0.295 e. The molecule has 1 unspecified atom stereocenters. The number of rotatable bonds is 7. The van der Waals surface area contributed by atoms with E-state index in [1.165, 1.54) is 4.90 Å². The van der Waals surface area contributed by atoms with E-state index in [1.807, 2.05) is 13.8 Å². The minimum absolute atomic E-state index is 0.0231. The molecule has 1 saturated heterocycles. The lowest BCUT2D eigenvalue weighted by atomic mass is 9.94. The van der Waals surface area contributed by atoms with Crippen molar-refractivity contribution in [2.45, 2.75) is 26.3 Å². The summed E-state index contributed by atoms with van der Waals surface area (Å²) in [5.41, 5.74) is 1.03. The zero-order chi connectivity index (χ0) is 22.8. The Morgan fingerprint density at radius 1 is 1.09 bits per heavy atom. The smallest absolute Gasteiger partial charge is 0.295 e. The fraction of sp³-hybridized carbons (Fsp3) is 0.333. The van der Waals surface area contributed by atoms with E-state index in [2.05, 4.69) is 0 Å². The number of hydrogen-bond donors (Lipinski definition) is 1. The highest BCUT2D eigenvalue weighted by Crippen LogP contribution is 2.43. The maximum absolute atomic E-state index is 13.0. The first kappa shape index (κ1) is 21.5. The second kappa shape index (κ2) is 8.82. The zero-order valence-corrected chi connectivity index (χ0v) is 18.2. The summed E-state index contributed by atoms with van der Waals surface area (Å²) in [7, 11) is 1.54. The van der Waals surface area contributed by atoms with Gasteiger partial charge in [0, 0.05) is 12.1 Å². The summed E-state index contributed by atoms with van der Waals surface area (Å²) < 4.78 is 21.8. The highest BCUT2D eigenvalue weighted by molar-refractivity contribution is 6.46. The summed E-state index contributed by atoms with van der Waals surface area (Å²) in [4.78, 5) is 27.4. The lowest BCUT2D eigenvalue weighted by Crippen LogP contribution is -2.30. The Morgan fingerprint density at radius 3 is 2.59 bits per heavy atom. The fourth-order valence-corrected chi connectivity index (χ4v) is 4.03. The van der Waals surface area contributed by atoms with Crippen LogP contribution in [-0.4, -0.2) is 48.8 Å². The van der Waals surface area contributed by atoms with Crippen LogP contribution in [0.5, 0.6) is 23.0 Å². The van der Waals surface area contributed by atoms with Crippen molar-refractivity contribution in [3.63, 3.8) is 0 Å². The van der Waals surface area contributed by atoms with Gasteiger partial charge >= 0.3 is 0 Å². The van der Waals surface area contributed by atoms with Gasteiger partial charge in [-0.05, 0) is 49.2 Å². The van der Waals surface area contributed by atoms with Gasteiger partial charge in [-0.25, -0.2) is 0 Å². The fourth-order valence-electron chi connectivity index (χ4n) is 4.03. The molecule has 1 amide bonds. The van der Waals surface area contributed by atoms with Gasteiger partial charge in [0.05, 0.1) is 25.3 Å². The van der Waals surface area contributed by atoms with Gasteiger partial charge in [0.25, 0.3) is 11.7 Å². The highest BCUT2D eigenvalue weighted by atomic mass is 16.7. The van der Waals surface area contributed by atoms with E-state index in [4.69, 9.17) is 18.9 Å². The van der Waals surface area contributed by atoms with Crippen LogP contribution in [0.15, 0.2) is 42.0 Å². The quantitative estimate of drug-likeness (QED) is 0.400. The number of carbonyl (C=O) groups excluding carboxylic acids is 2. The van der Waals surface area contributed by atoms with Gasteiger partial charge in [-0.1, -0.05) is 13.0 Å². The Labute approximate surface area is 185 Å².